The molecule has 0 spiro atoms. The summed E-state index contributed by atoms with van der Waals surface area (Å²) in [4.78, 5) is 3.43. The number of allylic oxidation sites excluding steroid dienone is 2. The molecule has 1 aromatic rings. The molecule has 0 saturated heterocycles. The molecule has 1 heterocycles. The van der Waals surface area contributed by atoms with Gasteiger partial charge in [0.25, 0.3) is 0 Å². The minimum atomic E-state index is 1.18. The largest absolute Gasteiger partial charge is 0.355 e. The molecule has 2 rings (SSSR count). The summed E-state index contributed by atoms with van der Waals surface area (Å²) in [5.74, 6) is 0. The van der Waals surface area contributed by atoms with E-state index in [-0.39, 0.29) is 0 Å². The van der Waals surface area contributed by atoms with Crippen LogP contribution in [0.5, 0.6) is 0 Å². The van der Waals surface area contributed by atoms with Crippen LogP contribution in [-0.4, -0.2) is 4.98 Å². The number of aromatic amines is 1. The zero-order valence-corrected chi connectivity index (χ0v) is 8.22. The molecule has 1 aromatic heterocycles. The Morgan fingerprint density at radius 2 is 2.31 bits per heavy atom. The van der Waals surface area contributed by atoms with E-state index in [2.05, 4.69) is 43.1 Å². The highest BCUT2D eigenvalue weighted by Crippen LogP contribution is 2.25. The van der Waals surface area contributed by atoms with Gasteiger partial charge in [-0.3, -0.25) is 0 Å². The highest BCUT2D eigenvalue weighted by atomic mass is 14.7. The predicted octanol–water partition coefficient (Wildman–Crippen LogP) is 3.32. The average molecular weight is 173 g/mol. The normalized spacial score (nSPS) is 15.2. The maximum absolute atomic E-state index is 3.43. The fourth-order valence-electron chi connectivity index (χ4n) is 1.91. The van der Waals surface area contributed by atoms with Crippen molar-refractivity contribution in [2.24, 2.45) is 0 Å². The van der Waals surface area contributed by atoms with E-state index >= 15 is 0 Å². The van der Waals surface area contributed by atoms with Crippen LogP contribution in [0.25, 0.3) is 12.2 Å². The summed E-state index contributed by atoms with van der Waals surface area (Å²) in [6.45, 7) is 4.25. The molecule has 68 valence electrons. The van der Waals surface area contributed by atoms with Gasteiger partial charge >= 0.3 is 0 Å². The average Bonchev–Trinajstić information content (AvgIpc) is 2.46. The van der Waals surface area contributed by atoms with Crippen molar-refractivity contribution in [3.8, 4) is 0 Å². The summed E-state index contributed by atoms with van der Waals surface area (Å²) >= 11 is 0. The predicted molar refractivity (Wildman–Crippen MR) is 57.6 cm³/mol. The number of hydrogen-bond donors (Lipinski definition) is 1. The zero-order chi connectivity index (χ0) is 9.26. The van der Waals surface area contributed by atoms with Crippen molar-refractivity contribution in [2.75, 3.05) is 0 Å². The van der Waals surface area contributed by atoms with E-state index in [0.717, 1.165) is 0 Å². The molecule has 1 aliphatic rings. The van der Waals surface area contributed by atoms with Crippen molar-refractivity contribution in [3.63, 3.8) is 0 Å². The molecule has 0 aliphatic heterocycles. The van der Waals surface area contributed by atoms with Crippen LogP contribution in [-0.2, 0) is 6.42 Å². The molecule has 0 saturated carbocycles. The molecular formula is C12H15N. The molecule has 1 N–H and O–H groups in total. The Morgan fingerprint density at radius 3 is 3.00 bits per heavy atom. The van der Waals surface area contributed by atoms with Gasteiger partial charge in [-0.2, -0.15) is 0 Å². The minimum Gasteiger partial charge on any atom is -0.355 e. The van der Waals surface area contributed by atoms with Crippen LogP contribution in [0.15, 0.2) is 12.2 Å². The number of nitrogens with one attached hydrogen (secondary N) is 1. The van der Waals surface area contributed by atoms with Crippen molar-refractivity contribution >= 4 is 12.2 Å². The monoisotopic (exact) mass is 173 g/mol. The summed E-state index contributed by atoms with van der Waals surface area (Å²) in [5, 5.41) is 0. The van der Waals surface area contributed by atoms with Gasteiger partial charge in [0, 0.05) is 11.4 Å². The van der Waals surface area contributed by atoms with Crippen LogP contribution in [0.1, 0.15) is 35.9 Å². The van der Waals surface area contributed by atoms with Crippen LogP contribution in [0.2, 0.25) is 0 Å². The van der Waals surface area contributed by atoms with Gasteiger partial charge in [-0.15, -0.1) is 0 Å². The molecule has 1 aliphatic carbocycles. The number of rotatable bonds is 1. The zero-order valence-electron chi connectivity index (χ0n) is 8.22. The first kappa shape index (κ1) is 8.36. The molecule has 0 unspecified atom stereocenters. The van der Waals surface area contributed by atoms with E-state index in [1.54, 1.807) is 0 Å². The lowest BCUT2D eigenvalue weighted by molar-refractivity contribution is 0.975. The summed E-state index contributed by atoms with van der Waals surface area (Å²) < 4.78 is 0. The fourth-order valence-corrected chi connectivity index (χ4v) is 1.91. The lowest BCUT2D eigenvalue weighted by Crippen LogP contribution is -1.91. The number of fused-ring (bicyclic) bond motifs is 1. The summed E-state index contributed by atoms with van der Waals surface area (Å²) in [6, 6.07) is 0. The molecule has 0 fully saturated rings. The topological polar surface area (TPSA) is 15.8 Å². The highest BCUT2D eigenvalue weighted by Gasteiger charge is 2.11. The van der Waals surface area contributed by atoms with Gasteiger partial charge in [-0.1, -0.05) is 12.2 Å². The molecule has 0 radical (unpaired) electrons. The lowest BCUT2D eigenvalue weighted by Gasteiger charge is -2.04. The lowest BCUT2D eigenvalue weighted by atomic mass is 10.0. The summed E-state index contributed by atoms with van der Waals surface area (Å²) in [5.41, 5.74) is 5.48. The van der Waals surface area contributed by atoms with Crippen LogP contribution < -0.4 is 0 Å². The van der Waals surface area contributed by atoms with Crippen LogP contribution in [0.4, 0.5) is 0 Å². The van der Waals surface area contributed by atoms with E-state index < -0.39 is 0 Å². The molecule has 13 heavy (non-hydrogen) atoms. The standard InChI is InChI=1S/C12H15N/c1-3-6-11-9(2)10-7-4-5-8-12(10)13-11/h3,5-6,8,13H,4,7H2,1-2H3/b6-3-. The fraction of sp³-hybridized carbons (Fsp3) is 0.333. The second-order valence-corrected chi connectivity index (χ2v) is 3.50. The van der Waals surface area contributed by atoms with E-state index in [9.17, 15) is 0 Å². The van der Waals surface area contributed by atoms with Gasteiger partial charge in [0.15, 0.2) is 0 Å². The van der Waals surface area contributed by atoms with Gasteiger partial charge in [0.2, 0.25) is 0 Å². The first-order valence-corrected chi connectivity index (χ1v) is 4.83. The van der Waals surface area contributed by atoms with Crippen LogP contribution in [0, 0.1) is 6.92 Å². The van der Waals surface area contributed by atoms with Crippen molar-refractivity contribution < 1.29 is 0 Å². The van der Waals surface area contributed by atoms with Crippen molar-refractivity contribution in [3.05, 3.63) is 34.7 Å². The summed E-state index contributed by atoms with van der Waals surface area (Å²) in [7, 11) is 0. The SMILES string of the molecule is C/C=C\c1[nH]c2c(c1C)CCC=C2. The Balaban J connectivity index is 2.51. The third kappa shape index (κ3) is 1.35. The molecule has 0 aromatic carbocycles. The first-order valence-electron chi connectivity index (χ1n) is 4.83. The van der Waals surface area contributed by atoms with E-state index in [4.69, 9.17) is 0 Å². The Bertz CT molecular complexity index is 367. The third-order valence-corrected chi connectivity index (χ3v) is 2.63. The Kier molecular flexibility index (Phi) is 2.09. The maximum atomic E-state index is 3.43. The van der Waals surface area contributed by atoms with Crippen LogP contribution in [0.3, 0.4) is 0 Å². The second kappa shape index (κ2) is 3.25. The van der Waals surface area contributed by atoms with Crippen molar-refractivity contribution in [1.82, 2.24) is 4.98 Å². The second-order valence-electron chi connectivity index (χ2n) is 3.50. The summed E-state index contributed by atoms with van der Waals surface area (Å²) in [6.07, 6.45) is 11.0. The molecular weight excluding hydrogens is 158 g/mol. The van der Waals surface area contributed by atoms with Crippen molar-refractivity contribution in [1.29, 1.82) is 0 Å². The molecule has 0 atom stereocenters. The molecule has 0 amide bonds. The maximum Gasteiger partial charge on any atom is 0.0417 e. The number of hydrogen-bond acceptors (Lipinski definition) is 0. The number of H-pyrrole nitrogens is 1. The Morgan fingerprint density at radius 1 is 1.46 bits per heavy atom. The minimum absolute atomic E-state index is 1.18. The quantitative estimate of drug-likeness (QED) is 0.670. The molecule has 0 bridgehead atoms. The van der Waals surface area contributed by atoms with Gasteiger partial charge in [-0.05, 0) is 50.0 Å². The molecule has 1 nitrogen and oxygen atoms in total. The smallest absolute Gasteiger partial charge is 0.0417 e. The van der Waals surface area contributed by atoms with Gasteiger partial charge < -0.3 is 4.98 Å². The number of aromatic nitrogens is 1. The van der Waals surface area contributed by atoms with E-state index in [0.29, 0.717) is 0 Å². The molecule has 1 heteroatoms. The van der Waals surface area contributed by atoms with Gasteiger partial charge in [0.05, 0.1) is 0 Å². The highest BCUT2D eigenvalue weighted by molar-refractivity contribution is 5.62. The van der Waals surface area contributed by atoms with Crippen LogP contribution >= 0.6 is 0 Å². The van der Waals surface area contributed by atoms with E-state index in [1.165, 1.54) is 35.4 Å². The Hall–Kier alpha value is -1.24. The Labute approximate surface area is 79.2 Å². The first-order chi connectivity index (χ1) is 6.33. The van der Waals surface area contributed by atoms with Gasteiger partial charge in [-0.25, -0.2) is 0 Å². The van der Waals surface area contributed by atoms with E-state index in [1.807, 2.05) is 0 Å². The van der Waals surface area contributed by atoms with Gasteiger partial charge in [0.1, 0.15) is 0 Å². The van der Waals surface area contributed by atoms with Crippen molar-refractivity contribution in [2.45, 2.75) is 26.7 Å². The third-order valence-electron chi connectivity index (χ3n) is 2.63.